The molecule has 29 heavy (non-hydrogen) atoms. The number of methoxy groups -OCH3 is 1. The van der Waals surface area contributed by atoms with Crippen molar-refractivity contribution in [3.05, 3.63) is 58.2 Å². The molecule has 3 rings (SSSR count). The summed E-state index contributed by atoms with van der Waals surface area (Å²) in [7, 11) is 3.43. The van der Waals surface area contributed by atoms with Gasteiger partial charge in [-0.25, -0.2) is 4.98 Å². The van der Waals surface area contributed by atoms with Crippen LogP contribution in [0.1, 0.15) is 24.0 Å². The van der Waals surface area contributed by atoms with E-state index in [1.165, 1.54) is 5.56 Å². The van der Waals surface area contributed by atoms with Gasteiger partial charge in [0, 0.05) is 56.0 Å². The molecule has 0 amide bonds. The SMILES string of the molecule is CN=C(NCc1ccc(OC)nc1)NC1CCN(Cc2ccc(Br)cc2)CC1.I. The van der Waals surface area contributed by atoms with Crippen molar-refractivity contribution < 1.29 is 4.74 Å². The Balaban J connectivity index is 0.00000300. The van der Waals surface area contributed by atoms with E-state index in [1.807, 2.05) is 25.4 Å². The molecular formula is C21H29BrIN5O. The standard InChI is InChI=1S/C21H28BrN5O.HI/c1-23-21(25-14-17-5-8-20(28-2)24-13-17)26-19-9-11-27(12-10-19)15-16-3-6-18(22)7-4-16;/h3-8,13,19H,9-12,14-15H2,1-2H3,(H2,23,25,26);1H. The summed E-state index contributed by atoms with van der Waals surface area (Å²) in [5.74, 6) is 1.46. The van der Waals surface area contributed by atoms with Crippen molar-refractivity contribution in [3.8, 4) is 5.88 Å². The van der Waals surface area contributed by atoms with Crippen LogP contribution in [0.15, 0.2) is 52.1 Å². The molecule has 1 aliphatic rings. The Morgan fingerprint density at radius 1 is 1.17 bits per heavy atom. The second kappa shape index (κ2) is 12.3. The topological polar surface area (TPSA) is 61.8 Å². The second-order valence-corrected chi connectivity index (χ2v) is 7.87. The van der Waals surface area contributed by atoms with Crippen molar-refractivity contribution >= 4 is 45.9 Å². The molecule has 2 N–H and O–H groups in total. The number of pyridine rings is 1. The fourth-order valence-corrected chi connectivity index (χ4v) is 3.56. The number of ether oxygens (including phenoxy) is 1. The van der Waals surface area contributed by atoms with E-state index in [4.69, 9.17) is 4.74 Å². The van der Waals surface area contributed by atoms with Crippen LogP contribution >= 0.6 is 39.9 Å². The van der Waals surface area contributed by atoms with Gasteiger partial charge in [0.05, 0.1) is 7.11 Å². The van der Waals surface area contributed by atoms with Crippen LogP contribution < -0.4 is 15.4 Å². The van der Waals surface area contributed by atoms with Crippen LogP contribution in [0.2, 0.25) is 0 Å². The predicted molar refractivity (Wildman–Crippen MR) is 132 cm³/mol. The van der Waals surface area contributed by atoms with Gasteiger partial charge in [0.1, 0.15) is 0 Å². The quantitative estimate of drug-likeness (QED) is 0.313. The third kappa shape index (κ3) is 7.75. The van der Waals surface area contributed by atoms with E-state index >= 15 is 0 Å². The molecule has 2 heterocycles. The van der Waals surface area contributed by atoms with Crippen molar-refractivity contribution in [2.45, 2.75) is 32.0 Å². The largest absolute Gasteiger partial charge is 0.481 e. The van der Waals surface area contributed by atoms with E-state index in [0.29, 0.717) is 18.5 Å². The van der Waals surface area contributed by atoms with Gasteiger partial charge in [-0.1, -0.05) is 34.1 Å². The number of nitrogens with zero attached hydrogens (tertiary/aromatic N) is 3. The maximum Gasteiger partial charge on any atom is 0.212 e. The molecule has 2 aromatic rings. The van der Waals surface area contributed by atoms with E-state index in [1.54, 1.807) is 7.11 Å². The van der Waals surface area contributed by atoms with E-state index < -0.39 is 0 Å². The smallest absolute Gasteiger partial charge is 0.212 e. The van der Waals surface area contributed by atoms with Gasteiger partial charge in [-0.15, -0.1) is 24.0 Å². The average Bonchev–Trinajstić information content (AvgIpc) is 2.74. The Bertz CT molecular complexity index is 762. The highest BCUT2D eigenvalue weighted by atomic mass is 127. The number of aliphatic imine (C=N–C) groups is 1. The summed E-state index contributed by atoms with van der Waals surface area (Å²) in [5, 5.41) is 6.92. The molecule has 0 spiro atoms. The molecular weight excluding hydrogens is 545 g/mol. The van der Waals surface area contributed by atoms with Crippen molar-refractivity contribution in [3.63, 3.8) is 0 Å². The minimum Gasteiger partial charge on any atom is -0.481 e. The Hall–Kier alpha value is -1.39. The number of benzene rings is 1. The first-order chi connectivity index (χ1) is 13.7. The maximum absolute atomic E-state index is 5.09. The van der Waals surface area contributed by atoms with Crippen LogP contribution in [0, 0.1) is 0 Å². The fraction of sp³-hybridized carbons (Fsp3) is 0.429. The zero-order valence-corrected chi connectivity index (χ0v) is 20.8. The van der Waals surface area contributed by atoms with Gasteiger partial charge in [-0.05, 0) is 36.1 Å². The van der Waals surface area contributed by atoms with Crippen LogP contribution in [0.5, 0.6) is 5.88 Å². The summed E-state index contributed by atoms with van der Waals surface area (Å²) in [5.41, 5.74) is 2.45. The zero-order valence-electron chi connectivity index (χ0n) is 16.9. The number of rotatable bonds is 6. The van der Waals surface area contributed by atoms with Gasteiger partial charge in [0.2, 0.25) is 5.88 Å². The van der Waals surface area contributed by atoms with Gasteiger partial charge in [0.25, 0.3) is 0 Å². The van der Waals surface area contributed by atoms with E-state index in [2.05, 4.69) is 65.7 Å². The normalized spacial score (nSPS) is 15.5. The highest BCUT2D eigenvalue weighted by Crippen LogP contribution is 2.16. The molecule has 1 aliphatic heterocycles. The molecule has 0 unspecified atom stereocenters. The predicted octanol–water partition coefficient (Wildman–Crippen LogP) is 3.80. The molecule has 0 aliphatic carbocycles. The Kier molecular flexibility index (Phi) is 10.2. The lowest BCUT2D eigenvalue weighted by Crippen LogP contribution is -2.48. The van der Waals surface area contributed by atoms with Gasteiger partial charge >= 0.3 is 0 Å². The Morgan fingerprint density at radius 2 is 1.86 bits per heavy atom. The van der Waals surface area contributed by atoms with Crippen molar-refractivity contribution in [2.24, 2.45) is 4.99 Å². The van der Waals surface area contributed by atoms with Gasteiger partial charge in [-0.2, -0.15) is 0 Å². The lowest BCUT2D eigenvalue weighted by atomic mass is 10.0. The second-order valence-electron chi connectivity index (χ2n) is 6.96. The lowest BCUT2D eigenvalue weighted by Gasteiger charge is -2.33. The highest BCUT2D eigenvalue weighted by molar-refractivity contribution is 14.0. The molecule has 8 heteroatoms. The molecule has 0 bridgehead atoms. The Labute approximate surface area is 198 Å². The molecule has 1 aromatic heterocycles. The first-order valence-corrected chi connectivity index (χ1v) is 10.4. The monoisotopic (exact) mass is 573 g/mol. The number of hydrogen-bond donors (Lipinski definition) is 2. The van der Waals surface area contributed by atoms with Crippen LogP contribution in [-0.4, -0.2) is 49.1 Å². The number of likely N-dealkylation sites (tertiary alicyclic amines) is 1. The summed E-state index contributed by atoms with van der Waals surface area (Å²) in [6.07, 6.45) is 4.04. The number of nitrogens with one attached hydrogen (secondary N) is 2. The minimum absolute atomic E-state index is 0. The number of piperidine rings is 1. The van der Waals surface area contributed by atoms with Crippen LogP contribution in [-0.2, 0) is 13.1 Å². The molecule has 1 aromatic carbocycles. The third-order valence-corrected chi connectivity index (χ3v) is 5.47. The van der Waals surface area contributed by atoms with Gasteiger partial charge in [0.15, 0.2) is 5.96 Å². The maximum atomic E-state index is 5.09. The summed E-state index contributed by atoms with van der Waals surface area (Å²) < 4.78 is 6.22. The molecule has 1 fully saturated rings. The number of guanidine groups is 1. The average molecular weight is 574 g/mol. The minimum atomic E-state index is 0. The lowest BCUT2D eigenvalue weighted by molar-refractivity contribution is 0.198. The molecule has 0 saturated carbocycles. The van der Waals surface area contributed by atoms with Crippen LogP contribution in [0.25, 0.3) is 0 Å². The molecule has 6 nitrogen and oxygen atoms in total. The van der Waals surface area contributed by atoms with Crippen LogP contribution in [0.4, 0.5) is 0 Å². The summed E-state index contributed by atoms with van der Waals surface area (Å²) >= 11 is 3.49. The van der Waals surface area contributed by atoms with Gasteiger partial charge in [-0.3, -0.25) is 9.89 Å². The van der Waals surface area contributed by atoms with E-state index in [-0.39, 0.29) is 24.0 Å². The van der Waals surface area contributed by atoms with E-state index in [9.17, 15) is 0 Å². The Morgan fingerprint density at radius 3 is 2.45 bits per heavy atom. The number of hydrogen-bond acceptors (Lipinski definition) is 4. The highest BCUT2D eigenvalue weighted by Gasteiger charge is 2.20. The first kappa shape index (κ1) is 23.9. The van der Waals surface area contributed by atoms with E-state index in [0.717, 1.165) is 48.5 Å². The van der Waals surface area contributed by atoms with Crippen LogP contribution in [0.3, 0.4) is 0 Å². The molecule has 0 atom stereocenters. The third-order valence-electron chi connectivity index (χ3n) is 4.94. The first-order valence-electron chi connectivity index (χ1n) is 9.59. The zero-order chi connectivity index (χ0) is 19.8. The fourth-order valence-electron chi connectivity index (χ4n) is 3.29. The number of halogens is 2. The summed E-state index contributed by atoms with van der Waals surface area (Å²) in [6.45, 7) is 3.87. The molecule has 1 saturated heterocycles. The van der Waals surface area contributed by atoms with Crippen molar-refractivity contribution in [2.75, 3.05) is 27.2 Å². The van der Waals surface area contributed by atoms with Gasteiger partial charge < -0.3 is 15.4 Å². The summed E-state index contributed by atoms with van der Waals surface area (Å²) in [6, 6.07) is 12.9. The summed E-state index contributed by atoms with van der Waals surface area (Å²) in [4.78, 5) is 11.1. The van der Waals surface area contributed by atoms with Crippen molar-refractivity contribution in [1.29, 1.82) is 0 Å². The number of aromatic nitrogens is 1. The molecule has 158 valence electrons. The van der Waals surface area contributed by atoms with Crippen molar-refractivity contribution in [1.82, 2.24) is 20.5 Å². The molecule has 0 radical (unpaired) electrons.